The lowest BCUT2D eigenvalue weighted by atomic mass is 10.2. The maximum atomic E-state index is 13.2. The Morgan fingerprint density at radius 1 is 0.903 bits per heavy atom. The van der Waals surface area contributed by atoms with Crippen LogP contribution in [0, 0.1) is 27.7 Å². The average Bonchev–Trinajstić information content (AvgIpc) is 2.78. The smallest absolute Gasteiger partial charge is 0.243 e. The number of nitrogens with zero attached hydrogens (tertiary/aromatic N) is 5. The fourth-order valence-electron chi connectivity index (χ4n) is 3.80. The van der Waals surface area contributed by atoms with E-state index in [-0.39, 0.29) is 0 Å². The van der Waals surface area contributed by atoms with Crippen LogP contribution in [0.3, 0.4) is 0 Å². The Balaban J connectivity index is 1.58. The van der Waals surface area contributed by atoms with E-state index in [4.69, 9.17) is 4.98 Å². The van der Waals surface area contributed by atoms with Gasteiger partial charge in [-0.25, -0.2) is 18.4 Å². The van der Waals surface area contributed by atoms with Crippen LogP contribution in [0.4, 0.5) is 5.82 Å². The first kappa shape index (κ1) is 21.4. The summed E-state index contributed by atoms with van der Waals surface area (Å²) in [6, 6.07) is 11.2. The quantitative estimate of drug-likeness (QED) is 0.623. The Morgan fingerprint density at radius 3 is 2.32 bits per heavy atom. The molecule has 162 valence electrons. The highest BCUT2D eigenvalue weighted by Crippen LogP contribution is 2.27. The highest BCUT2D eigenvalue weighted by molar-refractivity contribution is 7.89. The summed E-state index contributed by atoms with van der Waals surface area (Å²) in [6.45, 7) is 9.70. The van der Waals surface area contributed by atoms with Crippen molar-refractivity contribution in [2.24, 2.45) is 0 Å². The highest BCUT2D eigenvalue weighted by atomic mass is 32.2. The van der Waals surface area contributed by atoms with Gasteiger partial charge in [0.2, 0.25) is 10.0 Å². The minimum absolute atomic E-state index is 0.396. The summed E-state index contributed by atoms with van der Waals surface area (Å²) < 4.78 is 28.1. The van der Waals surface area contributed by atoms with Crippen LogP contribution < -0.4 is 4.90 Å². The number of aryl methyl sites for hydroxylation is 3. The summed E-state index contributed by atoms with van der Waals surface area (Å²) in [4.78, 5) is 16.3. The van der Waals surface area contributed by atoms with Gasteiger partial charge in [0, 0.05) is 43.6 Å². The van der Waals surface area contributed by atoms with Crippen LogP contribution in [0.5, 0.6) is 0 Å². The van der Waals surface area contributed by atoms with Crippen molar-refractivity contribution in [2.45, 2.75) is 32.6 Å². The molecule has 0 saturated carbocycles. The van der Waals surface area contributed by atoms with E-state index in [9.17, 15) is 8.42 Å². The number of piperazine rings is 1. The van der Waals surface area contributed by atoms with Crippen molar-refractivity contribution in [3.05, 3.63) is 65.0 Å². The Hall–Kier alpha value is -2.84. The number of sulfonamides is 1. The first-order chi connectivity index (χ1) is 14.8. The Labute approximate surface area is 183 Å². The number of rotatable bonds is 4. The summed E-state index contributed by atoms with van der Waals surface area (Å²) in [5.41, 5.74) is 4.34. The maximum Gasteiger partial charge on any atom is 0.243 e. The second-order valence-electron chi connectivity index (χ2n) is 7.96. The van der Waals surface area contributed by atoms with Gasteiger partial charge >= 0.3 is 0 Å². The molecule has 4 rings (SSSR count). The summed E-state index contributed by atoms with van der Waals surface area (Å²) >= 11 is 0. The summed E-state index contributed by atoms with van der Waals surface area (Å²) in [5, 5.41) is 0. The van der Waals surface area contributed by atoms with Crippen LogP contribution in [0.25, 0.3) is 11.5 Å². The van der Waals surface area contributed by atoms with Gasteiger partial charge in [0.25, 0.3) is 0 Å². The Kier molecular flexibility index (Phi) is 5.77. The van der Waals surface area contributed by atoms with E-state index in [1.807, 2.05) is 58.0 Å². The third-order valence-electron chi connectivity index (χ3n) is 5.76. The molecule has 0 amide bonds. The van der Waals surface area contributed by atoms with Gasteiger partial charge < -0.3 is 4.90 Å². The normalized spacial score (nSPS) is 15.3. The Bertz CT molecular complexity index is 1200. The lowest BCUT2D eigenvalue weighted by Crippen LogP contribution is -2.49. The minimum atomic E-state index is -3.53. The molecule has 0 aliphatic carbocycles. The van der Waals surface area contributed by atoms with Crippen LogP contribution in [-0.4, -0.2) is 53.9 Å². The SMILES string of the molecule is Cc1ccc(C)c(S(=O)(=O)N2CCN(c3nc(-c4ccccn4)nc(C)c3C)CC2)c1. The molecule has 3 heterocycles. The van der Waals surface area contributed by atoms with Crippen molar-refractivity contribution in [3.63, 3.8) is 0 Å². The lowest BCUT2D eigenvalue weighted by molar-refractivity contribution is 0.383. The second kappa shape index (κ2) is 8.36. The van der Waals surface area contributed by atoms with Gasteiger partial charge in [-0.15, -0.1) is 0 Å². The number of hydrogen-bond donors (Lipinski definition) is 0. The number of anilines is 1. The van der Waals surface area contributed by atoms with Crippen molar-refractivity contribution in [1.82, 2.24) is 19.3 Å². The van der Waals surface area contributed by atoms with Crippen molar-refractivity contribution in [3.8, 4) is 11.5 Å². The van der Waals surface area contributed by atoms with Gasteiger partial charge in [0.15, 0.2) is 5.82 Å². The molecule has 0 spiro atoms. The van der Waals surface area contributed by atoms with Crippen molar-refractivity contribution >= 4 is 15.8 Å². The van der Waals surface area contributed by atoms with E-state index in [0.717, 1.165) is 33.9 Å². The molecule has 1 saturated heterocycles. The number of aromatic nitrogens is 3. The first-order valence-corrected chi connectivity index (χ1v) is 11.8. The lowest BCUT2D eigenvalue weighted by Gasteiger charge is -2.35. The zero-order chi connectivity index (χ0) is 22.2. The van der Waals surface area contributed by atoms with E-state index < -0.39 is 10.0 Å². The molecule has 2 aromatic heterocycles. The van der Waals surface area contributed by atoms with Gasteiger partial charge in [-0.3, -0.25) is 4.98 Å². The molecule has 8 heteroatoms. The van der Waals surface area contributed by atoms with Crippen molar-refractivity contribution in [2.75, 3.05) is 31.1 Å². The molecule has 0 atom stereocenters. The second-order valence-corrected chi connectivity index (χ2v) is 9.86. The zero-order valence-electron chi connectivity index (χ0n) is 18.3. The number of pyridine rings is 1. The number of hydrogen-bond acceptors (Lipinski definition) is 6. The largest absolute Gasteiger partial charge is 0.354 e. The average molecular weight is 438 g/mol. The van der Waals surface area contributed by atoms with E-state index in [1.54, 1.807) is 16.6 Å². The predicted octanol–water partition coefficient (Wildman–Crippen LogP) is 3.28. The third-order valence-corrected chi connectivity index (χ3v) is 7.80. The molecular weight excluding hydrogens is 410 g/mol. The standard InChI is InChI=1S/C23H27N5O2S/c1-16-8-9-17(2)21(15-16)31(29,30)28-13-11-27(12-14-28)23-18(3)19(4)25-22(26-23)20-7-5-6-10-24-20/h5-10,15H,11-14H2,1-4H3. The molecule has 1 aliphatic heterocycles. The molecule has 3 aromatic rings. The van der Waals surface area contributed by atoms with Crippen molar-refractivity contribution in [1.29, 1.82) is 0 Å². The topological polar surface area (TPSA) is 79.3 Å². The first-order valence-electron chi connectivity index (χ1n) is 10.4. The van der Waals surface area contributed by atoms with E-state index in [1.165, 1.54) is 0 Å². The zero-order valence-corrected chi connectivity index (χ0v) is 19.1. The monoisotopic (exact) mass is 437 g/mol. The van der Waals surface area contributed by atoms with Gasteiger partial charge in [0.05, 0.1) is 4.90 Å². The summed E-state index contributed by atoms with van der Waals surface area (Å²) in [6.07, 6.45) is 1.73. The molecular formula is C23H27N5O2S. The summed E-state index contributed by atoms with van der Waals surface area (Å²) in [5.74, 6) is 1.43. The van der Waals surface area contributed by atoms with Crippen LogP contribution in [-0.2, 0) is 10.0 Å². The molecule has 1 aliphatic rings. The highest BCUT2D eigenvalue weighted by Gasteiger charge is 2.31. The fourth-order valence-corrected chi connectivity index (χ4v) is 5.53. The van der Waals surface area contributed by atoms with Gasteiger partial charge in [-0.2, -0.15) is 4.31 Å². The molecule has 1 fully saturated rings. The third kappa shape index (κ3) is 4.18. The van der Waals surface area contributed by atoms with Crippen molar-refractivity contribution < 1.29 is 8.42 Å². The molecule has 0 radical (unpaired) electrons. The molecule has 0 N–H and O–H groups in total. The van der Waals surface area contributed by atoms with Crippen LogP contribution in [0.15, 0.2) is 47.5 Å². The fraction of sp³-hybridized carbons (Fsp3) is 0.348. The van der Waals surface area contributed by atoms with Gasteiger partial charge in [-0.1, -0.05) is 18.2 Å². The molecule has 7 nitrogen and oxygen atoms in total. The van der Waals surface area contributed by atoms with Crippen LogP contribution >= 0.6 is 0 Å². The minimum Gasteiger partial charge on any atom is -0.354 e. The maximum absolute atomic E-state index is 13.2. The number of benzene rings is 1. The van der Waals surface area contributed by atoms with Crippen LogP contribution in [0.1, 0.15) is 22.4 Å². The summed E-state index contributed by atoms with van der Waals surface area (Å²) in [7, 11) is -3.53. The van der Waals surface area contributed by atoms with E-state index >= 15 is 0 Å². The molecule has 0 bridgehead atoms. The van der Waals surface area contributed by atoms with Gasteiger partial charge in [0.1, 0.15) is 11.5 Å². The van der Waals surface area contributed by atoms with E-state index in [0.29, 0.717) is 36.9 Å². The molecule has 1 aromatic carbocycles. The Morgan fingerprint density at radius 2 is 1.65 bits per heavy atom. The predicted molar refractivity (Wildman–Crippen MR) is 122 cm³/mol. The molecule has 0 unspecified atom stereocenters. The van der Waals surface area contributed by atoms with E-state index in [2.05, 4.69) is 14.9 Å². The van der Waals surface area contributed by atoms with Gasteiger partial charge in [-0.05, 0) is 57.0 Å². The molecule has 31 heavy (non-hydrogen) atoms. The van der Waals surface area contributed by atoms with Crippen LogP contribution in [0.2, 0.25) is 0 Å².